The lowest BCUT2D eigenvalue weighted by Crippen LogP contribution is -2.08. The zero-order valence-corrected chi connectivity index (χ0v) is 15.6. The number of hydrogen-bond acceptors (Lipinski definition) is 4. The van der Waals surface area contributed by atoms with E-state index >= 15 is 0 Å². The maximum atomic E-state index is 12.4. The highest BCUT2D eigenvalue weighted by Gasteiger charge is 2.16. The van der Waals surface area contributed by atoms with Crippen LogP contribution in [0.3, 0.4) is 0 Å². The first kappa shape index (κ1) is 16.4. The highest BCUT2D eigenvalue weighted by molar-refractivity contribution is 7.18. The molecule has 3 heterocycles. The van der Waals surface area contributed by atoms with Crippen LogP contribution in [0.25, 0.3) is 33.1 Å². The molecule has 0 fully saturated rings. The van der Waals surface area contributed by atoms with Gasteiger partial charge < -0.3 is 9.40 Å². The molecule has 0 unspecified atom stereocenters. The van der Waals surface area contributed by atoms with Crippen molar-refractivity contribution in [3.05, 3.63) is 61.2 Å². The molecule has 0 saturated carbocycles. The summed E-state index contributed by atoms with van der Waals surface area (Å²) in [6, 6.07) is 8.69. The first-order chi connectivity index (χ1) is 11.9. The van der Waals surface area contributed by atoms with Gasteiger partial charge in [-0.25, -0.2) is 4.98 Å². The van der Waals surface area contributed by atoms with Gasteiger partial charge in [0, 0.05) is 15.5 Å². The maximum absolute atomic E-state index is 12.4. The van der Waals surface area contributed by atoms with Gasteiger partial charge in [0.1, 0.15) is 10.6 Å². The number of halogens is 2. The minimum Gasteiger partial charge on any atom is -0.453 e. The number of nitrogens with one attached hydrogen (secondary N) is 1. The van der Waals surface area contributed by atoms with Gasteiger partial charge in [0.15, 0.2) is 11.6 Å². The minimum atomic E-state index is -0.166. The molecule has 126 valence electrons. The van der Waals surface area contributed by atoms with Crippen molar-refractivity contribution < 1.29 is 4.42 Å². The lowest BCUT2D eigenvalue weighted by atomic mass is 10.2. The Kier molecular flexibility index (Phi) is 3.95. The van der Waals surface area contributed by atoms with E-state index in [9.17, 15) is 4.79 Å². The molecule has 0 atom stereocenters. The third-order valence-electron chi connectivity index (χ3n) is 4.07. The van der Waals surface area contributed by atoms with Gasteiger partial charge in [-0.1, -0.05) is 23.2 Å². The number of benzene rings is 1. The summed E-state index contributed by atoms with van der Waals surface area (Å²) in [7, 11) is 0. The predicted molar refractivity (Wildman–Crippen MR) is 103 cm³/mol. The summed E-state index contributed by atoms with van der Waals surface area (Å²) in [4.78, 5) is 21.5. The van der Waals surface area contributed by atoms with Gasteiger partial charge in [0.25, 0.3) is 5.56 Å². The zero-order valence-electron chi connectivity index (χ0n) is 13.3. The predicted octanol–water partition coefficient (Wildman–Crippen LogP) is 5.84. The Hall–Kier alpha value is -2.08. The van der Waals surface area contributed by atoms with Crippen molar-refractivity contribution in [3.8, 4) is 22.9 Å². The topological polar surface area (TPSA) is 58.9 Å². The number of furan rings is 1. The molecule has 4 rings (SSSR count). The normalized spacial score (nSPS) is 11.4. The number of thiophene rings is 1. The second-order valence-corrected chi connectivity index (χ2v) is 7.71. The Morgan fingerprint density at radius 1 is 1.12 bits per heavy atom. The van der Waals surface area contributed by atoms with Crippen LogP contribution in [0.5, 0.6) is 0 Å². The van der Waals surface area contributed by atoms with Crippen LogP contribution in [0.15, 0.2) is 39.5 Å². The fourth-order valence-corrected chi connectivity index (χ4v) is 4.08. The van der Waals surface area contributed by atoms with E-state index in [-0.39, 0.29) is 5.56 Å². The molecule has 0 saturated heterocycles. The summed E-state index contributed by atoms with van der Waals surface area (Å²) >= 11 is 13.8. The van der Waals surface area contributed by atoms with Crippen molar-refractivity contribution in [1.82, 2.24) is 9.97 Å². The van der Waals surface area contributed by atoms with Crippen LogP contribution in [0, 0.1) is 13.8 Å². The largest absolute Gasteiger partial charge is 0.453 e. The SMILES string of the molecule is Cc1sc2nc(-c3ccc(-c4cc(Cl)ccc4Cl)o3)[nH]c(=O)c2c1C. The Balaban J connectivity index is 1.84. The number of aromatic nitrogens is 2. The smallest absolute Gasteiger partial charge is 0.260 e. The minimum absolute atomic E-state index is 0.166. The van der Waals surface area contributed by atoms with Crippen LogP contribution >= 0.6 is 34.5 Å². The molecule has 0 aliphatic carbocycles. The van der Waals surface area contributed by atoms with Crippen LogP contribution in [0.1, 0.15) is 10.4 Å². The molecule has 4 nitrogen and oxygen atoms in total. The standard InChI is InChI=1S/C18H12Cl2N2O2S/c1-8-9(2)25-18-15(8)17(23)21-16(22-18)14-6-5-13(24-14)11-7-10(19)3-4-12(11)20/h3-7H,1-2H3,(H,21,22,23). The van der Waals surface area contributed by atoms with Gasteiger partial charge in [-0.15, -0.1) is 11.3 Å². The lowest BCUT2D eigenvalue weighted by molar-refractivity contribution is 0.592. The van der Waals surface area contributed by atoms with E-state index in [0.29, 0.717) is 43.2 Å². The number of rotatable bonds is 2. The fraction of sp³-hybridized carbons (Fsp3) is 0.111. The summed E-state index contributed by atoms with van der Waals surface area (Å²) in [5.74, 6) is 1.42. The van der Waals surface area contributed by atoms with Crippen molar-refractivity contribution in [3.63, 3.8) is 0 Å². The van der Waals surface area contributed by atoms with Crippen LogP contribution in [0.4, 0.5) is 0 Å². The molecule has 0 aliphatic heterocycles. The highest BCUT2D eigenvalue weighted by atomic mass is 35.5. The summed E-state index contributed by atoms with van der Waals surface area (Å²) < 4.78 is 5.86. The highest BCUT2D eigenvalue weighted by Crippen LogP contribution is 2.34. The molecule has 0 spiro atoms. The number of fused-ring (bicyclic) bond motifs is 1. The number of H-pyrrole nitrogens is 1. The monoisotopic (exact) mass is 390 g/mol. The average Bonchev–Trinajstić information content (AvgIpc) is 3.16. The van der Waals surface area contributed by atoms with Gasteiger partial charge in [-0.2, -0.15) is 0 Å². The molecule has 1 N–H and O–H groups in total. The number of nitrogens with zero attached hydrogens (tertiary/aromatic N) is 1. The van der Waals surface area contributed by atoms with E-state index in [1.807, 2.05) is 13.8 Å². The number of hydrogen-bond donors (Lipinski definition) is 1. The quantitative estimate of drug-likeness (QED) is 0.467. The van der Waals surface area contributed by atoms with Crippen molar-refractivity contribution in [2.75, 3.05) is 0 Å². The second-order valence-electron chi connectivity index (χ2n) is 5.67. The first-order valence-electron chi connectivity index (χ1n) is 7.49. The molecule has 7 heteroatoms. The van der Waals surface area contributed by atoms with Crippen LogP contribution in [-0.2, 0) is 0 Å². The van der Waals surface area contributed by atoms with Gasteiger partial charge >= 0.3 is 0 Å². The summed E-state index contributed by atoms with van der Waals surface area (Å²) in [6.07, 6.45) is 0. The van der Waals surface area contributed by atoms with Crippen molar-refractivity contribution in [2.24, 2.45) is 0 Å². The molecule has 1 aromatic carbocycles. The van der Waals surface area contributed by atoms with E-state index in [1.165, 1.54) is 11.3 Å². The van der Waals surface area contributed by atoms with Crippen LogP contribution < -0.4 is 5.56 Å². The zero-order chi connectivity index (χ0) is 17.7. The van der Waals surface area contributed by atoms with Crippen LogP contribution in [0.2, 0.25) is 10.0 Å². The molecule has 0 bridgehead atoms. The Morgan fingerprint density at radius 2 is 1.88 bits per heavy atom. The van der Waals surface area contributed by atoms with E-state index in [0.717, 1.165) is 10.4 Å². The summed E-state index contributed by atoms with van der Waals surface area (Å²) in [5.41, 5.74) is 1.48. The summed E-state index contributed by atoms with van der Waals surface area (Å²) in [6.45, 7) is 3.91. The molecular weight excluding hydrogens is 379 g/mol. The van der Waals surface area contributed by atoms with Crippen molar-refractivity contribution in [2.45, 2.75) is 13.8 Å². The second kappa shape index (κ2) is 6.02. The molecule has 0 amide bonds. The number of aromatic amines is 1. The molecular formula is C18H12Cl2N2O2S. The van der Waals surface area contributed by atoms with Gasteiger partial charge in [-0.05, 0) is 49.7 Å². The van der Waals surface area contributed by atoms with Crippen LogP contribution in [-0.4, -0.2) is 9.97 Å². The van der Waals surface area contributed by atoms with Crippen molar-refractivity contribution in [1.29, 1.82) is 0 Å². The average molecular weight is 391 g/mol. The Morgan fingerprint density at radius 3 is 2.68 bits per heavy atom. The van der Waals surface area contributed by atoms with E-state index < -0.39 is 0 Å². The first-order valence-corrected chi connectivity index (χ1v) is 9.07. The van der Waals surface area contributed by atoms with Gasteiger partial charge in [0.2, 0.25) is 0 Å². The van der Waals surface area contributed by atoms with Gasteiger partial charge in [-0.3, -0.25) is 4.79 Å². The molecule has 25 heavy (non-hydrogen) atoms. The van der Waals surface area contributed by atoms with Crippen molar-refractivity contribution >= 4 is 44.8 Å². The maximum Gasteiger partial charge on any atom is 0.260 e. The molecule has 0 radical (unpaired) electrons. The van der Waals surface area contributed by atoms with E-state index in [1.54, 1.807) is 30.3 Å². The lowest BCUT2D eigenvalue weighted by Gasteiger charge is -2.02. The van der Waals surface area contributed by atoms with Gasteiger partial charge in [0.05, 0.1) is 10.4 Å². The third-order valence-corrected chi connectivity index (χ3v) is 5.74. The molecule has 0 aliphatic rings. The summed E-state index contributed by atoms with van der Waals surface area (Å²) in [5, 5.41) is 1.73. The van der Waals surface area contributed by atoms with E-state index in [4.69, 9.17) is 27.6 Å². The van der Waals surface area contributed by atoms with E-state index in [2.05, 4.69) is 9.97 Å². The fourth-order valence-electron chi connectivity index (χ4n) is 2.67. The molecule has 3 aromatic heterocycles. The third kappa shape index (κ3) is 2.78. The Bertz CT molecular complexity index is 1170. The Labute approximate surface area is 157 Å². The molecule has 4 aromatic rings. The number of aryl methyl sites for hydroxylation is 2.